The van der Waals surface area contributed by atoms with E-state index in [0.717, 1.165) is 51.0 Å². The van der Waals surface area contributed by atoms with Crippen LogP contribution in [0.1, 0.15) is 36.9 Å². The number of nitrogens with zero attached hydrogens (tertiary/aromatic N) is 2. The molecule has 0 saturated carbocycles. The zero-order valence-electron chi connectivity index (χ0n) is 14.5. The Hall–Kier alpha value is -1.02. The number of aryl methyl sites for hydroxylation is 1. The van der Waals surface area contributed by atoms with Crippen LogP contribution in [0.2, 0.25) is 0 Å². The van der Waals surface area contributed by atoms with Gasteiger partial charge in [0.1, 0.15) is 0 Å². The van der Waals surface area contributed by atoms with Gasteiger partial charge in [0.05, 0.1) is 17.6 Å². The van der Waals surface area contributed by atoms with Crippen LogP contribution < -0.4 is 4.72 Å². The predicted octanol–water partition coefficient (Wildman–Crippen LogP) is 1.45. The van der Waals surface area contributed by atoms with Crippen LogP contribution >= 0.6 is 0 Å². The Morgan fingerprint density at radius 2 is 2.17 bits per heavy atom. The van der Waals surface area contributed by atoms with Crippen molar-refractivity contribution in [3.8, 4) is 0 Å². The summed E-state index contributed by atoms with van der Waals surface area (Å²) >= 11 is 0. The van der Waals surface area contributed by atoms with Crippen LogP contribution in [0.25, 0.3) is 0 Å². The molecule has 2 fully saturated rings. The maximum absolute atomic E-state index is 11.5. The van der Waals surface area contributed by atoms with Gasteiger partial charge in [-0.1, -0.05) is 6.07 Å². The van der Waals surface area contributed by atoms with Gasteiger partial charge in [0, 0.05) is 38.5 Å². The third-order valence-electron chi connectivity index (χ3n) is 5.13. The van der Waals surface area contributed by atoms with Crippen molar-refractivity contribution in [3.05, 3.63) is 29.6 Å². The molecule has 0 radical (unpaired) electrons. The highest BCUT2D eigenvalue weighted by atomic mass is 32.2. The van der Waals surface area contributed by atoms with E-state index in [1.165, 1.54) is 11.8 Å². The minimum atomic E-state index is -3.16. The molecule has 1 aromatic heterocycles. The van der Waals surface area contributed by atoms with Crippen molar-refractivity contribution in [1.82, 2.24) is 14.6 Å². The number of aromatic nitrogens is 1. The van der Waals surface area contributed by atoms with Crippen LogP contribution in [0.3, 0.4) is 0 Å². The second-order valence-corrected chi connectivity index (χ2v) is 8.93. The second kappa shape index (κ2) is 7.07. The summed E-state index contributed by atoms with van der Waals surface area (Å²) in [5.74, 6) is 0. The van der Waals surface area contributed by atoms with Crippen molar-refractivity contribution in [2.24, 2.45) is 0 Å². The fourth-order valence-electron chi connectivity index (χ4n) is 3.79. The van der Waals surface area contributed by atoms with Crippen LogP contribution in [0.4, 0.5) is 0 Å². The second-order valence-electron chi connectivity index (χ2n) is 7.15. The first kappa shape index (κ1) is 17.8. The molecule has 3 heterocycles. The van der Waals surface area contributed by atoms with E-state index < -0.39 is 10.0 Å². The first-order chi connectivity index (χ1) is 11.4. The van der Waals surface area contributed by atoms with E-state index in [4.69, 9.17) is 4.74 Å². The van der Waals surface area contributed by atoms with Crippen LogP contribution in [-0.2, 0) is 21.3 Å². The fraction of sp³-hybridized carbons (Fsp3) is 0.706. The molecule has 6 nitrogen and oxygen atoms in total. The lowest BCUT2D eigenvalue weighted by atomic mass is 9.82. The largest absolute Gasteiger partial charge is 0.375 e. The first-order valence-electron chi connectivity index (χ1n) is 8.59. The standard InChI is InChI=1S/C17H27N3O3S/c1-14-4-3-8-18-16(14)13-20-9-6-17(7-10-20)12-15(5-11-23-17)19-24(2,21)22/h3-4,8,15,19H,5-7,9-13H2,1-2H3/t15-/m1/s1. The summed E-state index contributed by atoms with van der Waals surface area (Å²) in [6, 6.07) is 4.06. The van der Waals surface area contributed by atoms with Gasteiger partial charge in [0.15, 0.2) is 0 Å². The average molecular weight is 353 g/mol. The summed E-state index contributed by atoms with van der Waals surface area (Å²) in [4.78, 5) is 6.89. The normalized spacial score (nSPS) is 25.0. The molecular weight excluding hydrogens is 326 g/mol. The molecule has 0 unspecified atom stereocenters. The van der Waals surface area contributed by atoms with Gasteiger partial charge in [0.2, 0.25) is 10.0 Å². The predicted molar refractivity (Wildman–Crippen MR) is 93.2 cm³/mol. The number of hydrogen-bond acceptors (Lipinski definition) is 5. The number of piperidine rings is 1. The van der Waals surface area contributed by atoms with Crippen molar-refractivity contribution in [2.75, 3.05) is 26.0 Å². The zero-order chi connectivity index (χ0) is 17.2. The highest BCUT2D eigenvalue weighted by molar-refractivity contribution is 7.88. The number of hydrogen-bond donors (Lipinski definition) is 1. The molecule has 0 aliphatic carbocycles. The Labute approximate surface area is 144 Å². The maximum Gasteiger partial charge on any atom is 0.208 e. The Balaban J connectivity index is 1.57. The van der Waals surface area contributed by atoms with Crippen LogP contribution in [0.5, 0.6) is 0 Å². The van der Waals surface area contributed by atoms with E-state index in [0.29, 0.717) is 6.61 Å². The quantitative estimate of drug-likeness (QED) is 0.887. The Kier molecular flexibility index (Phi) is 5.24. The molecule has 2 saturated heterocycles. The summed E-state index contributed by atoms with van der Waals surface area (Å²) in [5, 5.41) is 0. The van der Waals surface area contributed by atoms with Crippen molar-refractivity contribution in [2.45, 2.75) is 50.8 Å². The van der Waals surface area contributed by atoms with E-state index in [9.17, 15) is 8.42 Å². The van der Waals surface area contributed by atoms with Crippen LogP contribution in [0.15, 0.2) is 18.3 Å². The number of likely N-dealkylation sites (tertiary alicyclic amines) is 1. The van der Waals surface area contributed by atoms with Gasteiger partial charge in [-0.15, -0.1) is 0 Å². The third kappa shape index (κ3) is 4.53. The molecule has 7 heteroatoms. The molecule has 1 aromatic rings. The van der Waals surface area contributed by atoms with Gasteiger partial charge >= 0.3 is 0 Å². The Morgan fingerprint density at radius 3 is 2.83 bits per heavy atom. The molecule has 3 rings (SSSR count). The molecule has 1 spiro atoms. The van der Waals surface area contributed by atoms with Gasteiger partial charge in [-0.25, -0.2) is 13.1 Å². The smallest absolute Gasteiger partial charge is 0.208 e. The number of sulfonamides is 1. The Bertz CT molecular complexity index is 669. The molecular formula is C17H27N3O3S. The topological polar surface area (TPSA) is 71.5 Å². The fourth-order valence-corrected chi connectivity index (χ4v) is 4.60. The van der Waals surface area contributed by atoms with Crippen molar-refractivity contribution in [1.29, 1.82) is 0 Å². The lowest BCUT2D eigenvalue weighted by molar-refractivity contribution is -0.118. The molecule has 2 aliphatic heterocycles. The SMILES string of the molecule is Cc1cccnc1CN1CCC2(CC1)C[C@H](NS(C)(=O)=O)CCO2. The van der Waals surface area contributed by atoms with Gasteiger partial charge in [-0.2, -0.15) is 0 Å². The molecule has 0 aromatic carbocycles. The summed E-state index contributed by atoms with van der Waals surface area (Å²) in [6.07, 6.45) is 6.50. The molecule has 0 amide bonds. The highest BCUT2D eigenvalue weighted by Crippen LogP contribution is 2.35. The van der Waals surface area contributed by atoms with E-state index in [1.807, 2.05) is 12.3 Å². The summed E-state index contributed by atoms with van der Waals surface area (Å²) in [7, 11) is -3.16. The van der Waals surface area contributed by atoms with Crippen LogP contribution in [0, 0.1) is 6.92 Å². The van der Waals surface area contributed by atoms with Gasteiger partial charge in [0.25, 0.3) is 0 Å². The molecule has 134 valence electrons. The van der Waals surface area contributed by atoms with Gasteiger partial charge in [-0.3, -0.25) is 9.88 Å². The number of rotatable bonds is 4. The first-order valence-corrected chi connectivity index (χ1v) is 10.5. The molecule has 1 atom stereocenters. The average Bonchev–Trinajstić information content (AvgIpc) is 2.50. The molecule has 24 heavy (non-hydrogen) atoms. The van der Waals surface area contributed by atoms with E-state index in [2.05, 4.69) is 27.6 Å². The van der Waals surface area contributed by atoms with E-state index in [-0.39, 0.29) is 11.6 Å². The van der Waals surface area contributed by atoms with Crippen LogP contribution in [-0.4, -0.2) is 55.9 Å². The van der Waals surface area contributed by atoms with Gasteiger partial charge < -0.3 is 4.74 Å². The number of nitrogens with one attached hydrogen (secondary N) is 1. The molecule has 1 N–H and O–H groups in total. The number of pyridine rings is 1. The van der Waals surface area contributed by atoms with Crippen molar-refractivity contribution >= 4 is 10.0 Å². The minimum absolute atomic E-state index is 0.00154. The Morgan fingerprint density at radius 1 is 1.42 bits per heavy atom. The summed E-state index contributed by atoms with van der Waals surface area (Å²) in [6.45, 7) is 5.52. The lowest BCUT2D eigenvalue weighted by Gasteiger charge is -2.46. The minimum Gasteiger partial charge on any atom is -0.375 e. The van der Waals surface area contributed by atoms with Crippen molar-refractivity contribution < 1.29 is 13.2 Å². The lowest BCUT2D eigenvalue weighted by Crippen LogP contribution is -2.53. The van der Waals surface area contributed by atoms with E-state index in [1.54, 1.807) is 0 Å². The number of ether oxygens (including phenoxy) is 1. The molecule has 0 bridgehead atoms. The van der Waals surface area contributed by atoms with Gasteiger partial charge in [-0.05, 0) is 44.2 Å². The maximum atomic E-state index is 11.5. The molecule has 2 aliphatic rings. The zero-order valence-corrected chi connectivity index (χ0v) is 15.3. The van der Waals surface area contributed by atoms with Crippen molar-refractivity contribution in [3.63, 3.8) is 0 Å². The van der Waals surface area contributed by atoms with E-state index >= 15 is 0 Å². The monoisotopic (exact) mass is 353 g/mol. The third-order valence-corrected chi connectivity index (χ3v) is 5.89. The summed E-state index contributed by atoms with van der Waals surface area (Å²) in [5.41, 5.74) is 2.19. The highest BCUT2D eigenvalue weighted by Gasteiger charge is 2.40. The summed E-state index contributed by atoms with van der Waals surface area (Å²) < 4.78 is 31.8.